The smallest absolute Gasteiger partial charge is 0.282 e. The largest absolute Gasteiger partial charge is 0.377 e. The number of benzene rings is 1. The molecule has 1 aromatic carbocycles. The zero-order valence-corrected chi connectivity index (χ0v) is 22.6. The van der Waals surface area contributed by atoms with Crippen molar-refractivity contribution in [3.05, 3.63) is 46.4 Å². The lowest BCUT2D eigenvalue weighted by Gasteiger charge is -2.53. The molecule has 9 nitrogen and oxygen atoms in total. The van der Waals surface area contributed by atoms with Crippen LogP contribution in [-0.2, 0) is 24.8 Å². The molecule has 0 amide bonds. The summed E-state index contributed by atoms with van der Waals surface area (Å²) < 4.78 is 34.2. The molecule has 1 N–H and O–H groups in total. The molecule has 0 bridgehead atoms. The van der Waals surface area contributed by atoms with Gasteiger partial charge in [0.15, 0.2) is 5.82 Å². The number of aryl methyl sites for hydroxylation is 3. The summed E-state index contributed by atoms with van der Waals surface area (Å²) in [5.41, 5.74) is 5.95. The van der Waals surface area contributed by atoms with E-state index in [9.17, 15) is 8.78 Å². The topological polar surface area (TPSA) is 88.0 Å². The first-order valence-corrected chi connectivity index (χ1v) is 13.5. The maximum Gasteiger partial charge on any atom is 0.282 e. The first-order valence-electron chi connectivity index (χ1n) is 13.5. The third-order valence-corrected chi connectivity index (χ3v) is 8.70. The zero-order chi connectivity index (χ0) is 27.1. The Bertz CT molecular complexity index is 1600. The molecule has 39 heavy (non-hydrogen) atoms. The maximum atomic E-state index is 13.4. The molecule has 0 unspecified atom stereocenters. The van der Waals surface area contributed by atoms with Gasteiger partial charge in [-0.2, -0.15) is 10.2 Å². The summed E-state index contributed by atoms with van der Waals surface area (Å²) in [5, 5.41) is 12.7. The molecule has 6 heterocycles. The summed E-state index contributed by atoms with van der Waals surface area (Å²) >= 11 is 0. The van der Waals surface area contributed by atoms with Crippen LogP contribution in [0, 0.1) is 19.3 Å². The van der Waals surface area contributed by atoms with Gasteiger partial charge in [0.05, 0.1) is 23.9 Å². The van der Waals surface area contributed by atoms with E-state index in [1.807, 2.05) is 13.0 Å². The van der Waals surface area contributed by atoms with Gasteiger partial charge in [-0.15, -0.1) is 0 Å². The van der Waals surface area contributed by atoms with Crippen LogP contribution in [0.25, 0.3) is 22.3 Å². The fourth-order valence-electron chi connectivity index (χ4n) is 6.54. The lowest BCUT2D eigenvalue weighted by Crippen LogP contribution is -2.61. The number of hydrogen-bond acceptors (Lipinski definition) is 7. The summed E-state index contributed by atoms with van der Waals surface area (Å²) in [4.78, 5) is 14.9. The van der Waals surface area contributed by atoms with Gasteiger partial charge in [0.25, 0.3) is 6.43 Å². The normalized spacial score (nSPS) is 22.8. The number of ether oxygens (including phenoxy) is 1. The minimum absolute atomic E-state index is 0.0931. The molecule has 11 heteroatoms. The number of nitrogens with one attached hydrogen (secondary N) is 1. The molecular weight excluding hydrogens is 502 g/mol. The van der Waals surface area contributed by atoms with E-state index in [1.54, 1.807) is 11.7 Å². The number of anilines is 2. The Kier molecular flexibility index (Phi) is 5.45. The second-order valence-electron chi connectivity index (χ2n) is 11.5. The van der Waals surface area contributed by atoms with Crippen molar-refractivity contribution < 1.29 is 13.5 Å². The van der Waals surface area contributed by atoms with Crippen molar-refractivity contribution >= 4 is 22.5 Å². The Labute approximate surface area is 225 Å². The summed E-state index contributed by atoms with van der Waals surface area (Å²) in [6.45, 7) is 10.1. The van der Waals surface area contributed by atoms with E-state index < -0.39 is 6.43 Å². The summed E-state index contributed by atoms with van der Waals surface area (Å²) in [6, 6.07) is 5.59. The van der Waals surface area contributed by atoms with Crippen LogP contribution in [0.3, 0.4) is 0 Å². The Morgan fingerprint density at radius 2 is 2.00 bits per heavy atom. The van der Waals surface area contributed by atoms with Gasteiger partial charge >= 0.3 is 0 Å². The van der Waals surface area contributed by atoms with Crippen LogP contribution in [0.4, 0.5) is 20.4 Å². The van der Waals surface area contributed by atoms with Gasteiger partial charge < -0.3 is 14.5 Å². The number of fused-ring (bicyclic) bond motifs is 3. The highest BCUT2D eigenvalue weighted by Crippen LogP contribution is 2.44. The SMILES string of the molecule is Cc1ccc2n[nH]c(C)c2c1-c1nc2c(c(N3CC[C@@H]4OC[C@]4(C)C3)n1)CN(c1cc(C(F)F)nn1C)CC2. The van der Waals surface area contributed by atoms with Crippen molar-refractivity contribution in [2.24, 2.45) is 12.5 Å². The highest BCUT2D eigenvalue weighted by Gasteiger charge is 2.49. The standard InChI is InChI=1S/C28H32F2N8O/c1-15-5-6-19-24(16(2)33-34-19)23(15)26-31-18-7-9-37(22-11-20(25(29)30)35-36(22)4)12-17(18)27(32-26)38-10-8-21-28(3,13-38)14-39-21/h5-6,11,21,25H,7-10,12-14H2,1-4H3,(H,33,34)/t21-,28-/m0/s1. The molecule has 204 valence electrons. The molecule has 3 aliphatic rings. The summed E-state index contributed by atoms with van der Waals surface area (Å²) in [7, 11) is 1.72. The van der Waals surface area contributed by atoms with E-state index in [1.165, 1.54) is 6.07 Å². The third kappa shape index (κ3) is 3.81. The highest BCUT2D eigenvalue weighted by atomic mass is 19.3. The molecule has 2 saturated heterocycles. The van der Waals surface area contributed by atoms with Gasteiger partial charge in [-0.1, -0.05) is 13.0 Å². The first-order chi connectivity index (χ1) is 18.7. The van der Waals surface area contributed by atoms with Gasteiger partial charge in [-0.3, -0.25) is 9.78 Å². The predicted molar refractivity (Wildman–Crippen MR) is 144 cm³/mol. The molecule has 2 atom stereocenters. The van der Waals surface area contributed by atoms with Gasteiger partial charge in [0.1, 0.15) is 17.3 Å². The monoisotopic (exact) mass is 534 g/mol. The number of aromatic amines is 1. The number of nitrogens with zero attached hydrogens (tertiary/aromatic N) is 7. The Hall–Kier alpha value is -3.60. The van der Waals surface area contributed by atoms with Crippen LogP contribution in [0.5, 0.6) is 0 Å². The van der Waals surface area contributed by atoms with E-state index in [-0.39, 0.29) is 17.2 Å². The quantitative estimate of drug-likeness (QED) is 0.413. The average Bonchev–Trinajstić information content (AvgIpc) is 3.48. The third-order valence-electron chi connectivity index (χ3n) is 8.70. The minimum Gasteiger partial charge on any atom is -0.377 e. The van der Waals surface area contributed by atoms with Crippen LogP contribution in [0.15, 0.2) is 18.2 Å². The number of alkyl halides is 2. The fourth-order valence-corrected chi connectivity index (χ4v) is 6.54. The van der Waals surface area contributed by atoms with Gasteiger partial charge in [0, 0.05) is 73.3 Å². The molecular formula is C28H32F2N8O. The van der Waals surface area contributed by atoms with Crippen molar-refractivity contribution in [2.75, 3.05) is 36.0 Å². The Balaban J connectivity index is 1.36. The van der Waals surface area contributed by atoms with E-state index >= 15 is 0 Å². The van der Waals surface area contributed by atoms with E-state index in [0.717, 1.165) is 70.9 Å². The first kappa shape index (κ1) is 24.4. The zero-order valence-electron chi connectivity index (χ0n) is 22.6. The number of aromatic nitrogens is 6. The lowest BCUT2D eigenvalue weighted by atomic mass is 9.75. The molecule has 7 rings (SSSR count). The molecule has 0 spiro atoms. The number of rotatable bonds is 4. The highest BCUT2D eigenvalue weighted by molar-refractivity contribution is 5.96. The van der Waals surface area contributed by atoms with Gasteiger partial charge in [0.2, 0.25) is 0 Å². The number of halogens is 2. The maximum absolute atomic E-state index is 13.4. The molecule has 2 fully saturated rings. The minimum atomic E-state index is -2.60. The molecule has 3 aromatic heterocycles. The van der Waals surface area contributed by atoms with Crippen molar-refractivity contribution in [1.82, 2.24) is 29.9 Å². The van der Waals surface area contributed by atoms with Crippen molar-refractivity contribution in [3.63, 3.8) is 0 Å². The van der Waals surface area contributed by atoms with Crippen molar-refractivity contribution in [2.45, 2.75) is 52.7 Å². The van der Waals surface area contributed by atoms with Crippen LogP contribution >= 0.6 is 0 Å². The fraction of sp³-hybridized carbons (Fsp3) is 0.500. The number of piperidine rings is 1. The number of H-pyrrole nitrogens is 1. The van der Waals surface area contributed by atoms with Crippen LogP contribution < -0.4 is 9.80 Å². The average molecular weight is 535 g/mol. The van der Waals surface area contributed by atoms with E-state index in [4.69, 9.17) is 14.7 Å². The molecule has 0 saturated carbocycles. The van der Waals surface area contributed by atoms with Crippen molar-refractivity contribution in [1.29, 1.82) is 0 Å². The van der Waals surface area contributed by atoms with Crippen LogP contribution in [-0.4, -0.2) is 62.3 Å². The van der Waals surface area contributed by atoms with E-state index in [0.29, 0.717) is 31.2 Å². The Morgan fingerprint density at radius 3 is 2.72 bits per heavy atom. The number of hydrogen-bond donors (Lipinski definition) is 1. The second-order valence-corrected chi connectivity index (χ2v) is 11.5. The van der Waals surface area contributed by atoms with Gasteiger partial charge in [-0.05, 0) is 31.9 Å². The predicted octanol–water partition coefficient (Wildman–Crippen LogP) is 4.49. The molecule has 0 radical (unpaired) electrons. The van der Waals surface area contributed by atoms with Crippen LogP contribution in [0.1, 0.15) is 48.0 Å². The second kappa shape index (κ2) is 8.70. The molecule has 4 aromatic rings. The van der Waals surface area contributed by atoms with Gasteiger partial charge in [-0.25, -0.2) is 18.7 Å². The van der Waals surface area contributed by atoms with Crippen LogP contribution in [0.2, 0.25) is 0 Å². The summed E-state index contributed by atoms with van der Waals surface area (Å²) in [5.74, 6) is 2.32. The molecule has 3 aliphatic heterocycles. The van der Waals surface area contributed by atoms with E-state index in [2.05, 4.69) is 45.0 Å². The lowest BCUT2D eigenvalue weighted by molar-refractivity contribution is -0.183. The van der Waals surface area contributed by atoms with Crippen molar-refractivity contribution in [3.8, 4) is 11.4 Å². The molecule has 0 aliphatic carbocycles. The Morgan fingerprint density at radius 1 is 1.15 bits per heavy atom. The summed E-state index contributed by atoms with van der Waals surface area (Å²) in [6.07, 6.45) is -0.686.